The molecule has 20 heavy (non-hydrogen) atoms. The molecule has 3 rings (SSSR count). The van der Waals surface area contributed by atoms with Gasteiger partial charge in [-0.15, -0.1) is 11.3 Å². The number of carbonyl (C=O) groups excluding carboxylic acids is 1. The monoisotopic (exact) mass is 347 g/mol. The first-order valence-electron chi connectivity index (χ1n) is 5.90. The first kappa shape index (κ1) is 13.2. The van der Waals surface area contributed by atoms with Gasteiger partial charge < -0.3 is 0 Å². The standard InChI is InChI=1S/C14H10BrN3OS/c1-9-4-5-20-14(9)13-10(8-19)7-18(17-13)12-3-2-11(15)6-16-12/h2-8H,1H3. The molecule has 0 aromatic carbocycles. The van der Waals surface area contributed by atoms with E-state index in [1.165, 1.54) is 0 Å². The number of rotatable bonds is 3. The van der Waals surface area contributed by atoms with Gasteiger partial charge in [0.2, 0.25) is 0 Å². The molecule has 3 aromatic rings. The molecule has 0 N–H and O–H groups in total. The summed E-state index contributed by atoms with van der Waals surface area (Å²) in [6.45, 7) is 2.01. The summed E-state index contributed by atoms with van der Waals surface area (Å²) >= 11 is 4.93. The molecule has 0 aliphatic rings. The van der Waals surface area contributed by atoms with Crippen LogP contribution < -0.4 is 0 Å². The number of aromatic nitrogens is 3. The number of carbonyl (C=O) groups is 1. The van der Waals surface area contributed by atoms with Crippen LogP contribution in [0.25, 0.3) is 16.4 Å². The van der Waals surface area contributed by atoms with Gasteiger partial charge in [0.15, 0.2) is 12.1 Å². The summed E-state index contributed by atoms with van der Waals surface area (Å²) in [7, 11) is 0. The average Bonchev–Trinajstić information content (AvgIpc) is 3.05. The van der Waals surface area contributed by atoms with Crippen LogP contribution >= 0.6 is 27.3 Å². The fourth-order valence-corrected chi connectivity index (χ4v) is 3.05. The molecule has 0 fully saturated rings. The molecule has 0 saturated carbocycles. The van der Waals surface area contributed by atoms with Crippen molar-refractivity contribution in [1.82, 2.24) is 14.8 Å². The van der Waals surface area contributed by atoms with Crippen molar-refractivity contribution in [3.05, 3.63) is 51.6 Å². The number of aryl methyl sites for hydroxylation is 1. The summed E-state index contributed by atoms with van der Waals surface area (Å²) < 4.78 is 2.53. The van der Waals surface area contributed by atoms with Gasteiger partial charge in [0.05, 0.1) is 10.4 Å². The van der Waals surface area contributed by atoms with E-state index in [0.717, 1.165) is 21.2 Å². The van der Waals surface area contributed by atoms with Crippen molar-refractivity contribution in [1.29, 1.82) is 0 Å². The van der Waals surface area contributed by atoms with Crippen molar-refractivity contribution in [2.24, 2.45) is 0 Å². The topological polar surface area (TPSA) is 47.8 Å². The second kappa shape index (κ2) is 5.30. The van der Waals surface area contributed by atoms with Crippen LogP contribution in [-0.4, -0.2) is 21.1 Å². The van der Waals surface area contributed by atoms with E-state index in [1.807, 2.05) is 30.5 Å². The Bertz CT molecular complexity index is 761. The summed E-state index contributed by atoms with van der Waals surface area (Å²) in [4.78, 5) is 16.6. The lowest BCUT2D eigenvalue weighted by Crippen LogP contribution is -1.97. The zero-order valence-electron chi connectivity index (χ0n) is 10.6. The second-order valence-electron chi connectivity index (χ2n) is 4.26. The number of thiophene rings is 1. The van der Waals surface area contributed by atoms with Crippen molar-refractivity contribution in [2.75, 3.05) is 0 Å². The smallest absolute Gasteiger partial charge is 0.153 e. The van der Waals surface area contributed by atoms with Crippen LogP contribution in [0.4, 0.5) is 0 Å². The Kier molecular flexibility index (Phi) is 3.50. The van der Waals surface area contributed by atoms with Crippen molar-refractivity contribution in [2.45, 2.75) is 6.92 Å². The molecule has 3 aromatic heterocycles. The van der Waals surface area contributed by atoms with Crippen molar-refractivity contribution in [3.63, 3.8) is 0 Å². The van der Waals surface area contributed by atoms with Crippen LogP contribution in [0.1, 0.15) is 15.9 Å². The Hall–Kier alpha value is -1.79. The molecular weight excluding hydrogens is 338 g/mol. The third-order valence-electron chi connectivity index (χ3n) is 2.89. The lowest BCUT2D eigenvalue weighted by Gasteiger charge is -1.99. The first-order valence-corrected chi connectivity index (χ1v) is 7.57. The largest absolute Gasteiger partial charge is 0.298 e. The normalized spacial score (nSPS) is 10.7. The number of hydrogen-bond donors (Lipinski definition) is 0. The van der Waals surface area contributed by atoms with E-state index in [1.54, 1.807) is 28.4 Å². The predicted octanol–water partition coefficient (Wildman–Crippen LogP) is 3.88. The Balaban J connectivity index is 2.12. The maximum Gasteiger partial charge on any atom is 0.153 e. The number of hydrogen-bond acceptors (Lipinski definition) is 4. The molecular formula is C14H10BrN3OS. The van der Waals surface area contributed by atoms with Crippen molar-refractivity contribution >= 4 is 33.6 Å². The van der Waals surface area contributed by atoms with Crippen LogP contribution in [-0.2, 0) is 0 Å². The van der Waals surface area contributed by atoms with Gasteiger partial charge in [-0.25, -0.2) is 9.67 Å². The number of nitrogens with zero attached hydrogens (tertiary/aromatic N) is 3. The fraction of sp³-hybridized carbons (Fsp3) is 0.0714. The first-order chi connectivity index (χ1) is 9.69. The van der Waals surface area contributed by atoms with E-state index >= 15 is 0 Å². The Morgan fingerprint density at radius 3 is 2.80 bits per heavy atom. The van der Waals surface area contributed by atoms with E-state index in [2.05, 4.69) is 26.0 Å². The third kappa shape index (κ3) is 2.32. The third-order valence-corrected chi connectivity index (χ3v) is 4.39. The maximum absolute atomic E-state index is 11.3. The molecule has 0 radical (unpaired) electrons. The molecule has 4 nitrogen and oxygen atoms in total. The summed E-state index contributed by atoms with van der Waals surface area (Å²) in [5.74, 6) is 0.678. The predicted molar refractivity (Wildman–Crippen MR) is 82.5 cm³/mol. The summed E-state index contributed by atoms with van der Waals surface area (Å²) in [5, 5.41) is 6.50. The average molecular weight is 348 g/mol. The quantitative estimate of drug-likeness (QED) is 0.675. The second-order valence-corrected chi connectivity index (χ2v) is 6.09. The van der Waals surface area contributed by atoms with Crippen molar-refractivity contribution in [3.8, 4) is 16.4 Å². The van der Waals surface area contributed by atoms with E-state index in [-0.39, 0.29) is 0 Å². The minimum Gasteiger partial charge on any atom is -0.298 e. The lowest BCUT2D eigenvalue weighted by atomic mass is 10.2. The Morgan fingerprint density at radius 1 is 1.35 bits per heavy atom. The van der Waals surface area contributed by atoms with Gasteiger partial charge in [-0.1, -0.05) is 0 Å². The van der Waals surface area contributed by atoms with Gasteiger partial charge in [0.1, 0.15) is 5.69 Å². The molecule has 100 valence electrons. The highest BCUT2D eigenvalue weighted by molar-refractivity contribution is 9.10. The van der Waals surface area contributed by atoms with Gasteiger partial charge in [-0.05, 0) is 52.0 Å². The molecule has 0 aliphatic heterocycles. The van der Waals surface area contributed by atoms with Gasteiger partial charge in [0.25, 0.3) is 0 Å². The van der Waals surface area contributed by atoms with Crippen LogP contribution in [0.3, 0.4) is 0 Å². The van der Waals surface area contributed by atoms with E-state index in [9.17, 15) is 4.79 Å². The molecule has 0 saturated heterocycles. The number of aldehydes is 1. The highest BCUT2D eigenvalue weighted by atomic mass is 79.9. The van der Waals surface area contributed by atoms with Crippen LogP contribution in [0, 0.1) is 6.92 Å². The molecule has 6 heteroatoms. The Morgan fingerprint density at radius 2 is 2.20 bits per heavy atom. The highest BCUT2D eigenvalue weighted by Crippen LogP contribution is 2.30. The van der Waals surface area contributed by atoms with E-state index in [0.29, 0.717) is 17.1 Å². The number of pyridine rings is 1. The van der Waals surface area contributed by atoms with Crippen molar-refractivity contribution < 1.29 is 4.79 Å². The maximum atomic E-state index is 11.3. The minimum atomic E-state index is 0.570. The fourth-order valence-electron chi connectivity index (χ4n) is 1.89. The Labute approximate surface area is 128 Å². The van der Waals surface area contributed by atoms with E-state index in [4.69, 9.17) is 0 Å². The van der Waals surface area contributed by atoms with Gasteiger partial charge in [-0.3, -0.25) is 4.79 Å². The minimum absolute atomic E-state index is 0.570. The lowest BCUT2D eigenvalue weighted by molar-refractivity contribution is 0.112. The number of halogens is 1. The highest BCUT2D eigenvalue weighted by Gasteiger charge is 2.15. The molecule has 0 bridgehead atoms. The van der Waals surface area contributed by atoms with E-state index < -0.39 is 0 Å². The SMILES string of the molecule is Cc1ccsc1-c1nn(-c2ccc(Br)cn2)cc1C=O. The van der Waals surface area contributed by atoms with Crippen LogP contribution in [0.5, 0.6) is 0 Å². The molecule has 0 atom stereocenters. The molecule has 0 unspecified atom stereocenters. The summed E-state index contributed by atoms with van der Waals surface area (Å²) in [5.41, 5.74) is 2.39. The van der Waals surface area contributed by atoms with Crippen LogP contribution in [0.15, 0.2) is 40.4 Å². The molecule has 0 amide bonds. The zero-order chi connectivity index (χ0) is 14.1. The molecule has 0 spiro atoms. The van der Waals surface area contributed by atoms with Gasteiger partial charge in [0, 0.05) is 16.9 Å². The van der Waals surface area contributed by atoms with Gasteiger partial charge >= 0.3 is 0 Å². The zero-order valence-corrected chi connectivity index (χ0v) is 13.0. The summed E-state index contributed by atoms with van der Waals surface area (Å²) in [6, 6.07) is 5.75. The van der Waals surface area contributed by atoms with Crippen LogP contribution in [0.2, 0.25) is 0 Å². The molecule has 0 aliphatic carbocycles. The van der Waals surface area contributed by atoms with Gasteiger partial charge in [-0.2, -0.15) is 5.10 Å². The summed E-state index contributed by atoms with van der Waals surface area (Å²) in [6.07, 6.45) is 4.24. The molecule has 3 heterocycles.